The average Bonchev–Trinajstić information content (AvgIpc) is 2.85. The summed E-state index contributed by atoms with van der Waals surface area (Å²) >= 11 is 0. The molecule has 0 aliphatic heterocycles. The summed E-state index contributed by atoms with van der Waals surface area (Å²) in [5.74, 6) is 1.70. The van der Waals surface area contributed by atoms with Crippen LogP contribution in [0, 0.1) is 27.7 Å². The van der Waals surface area contributed by atoms with Crippen LogP contribution in [0.4, 0.5) is 0 Å². The van der Waals surface area contributed by atoms with Gasteiger partial charge in [0.25, 0.3) is 0 Å². The van der Waals surface area contributed by atoms with E-state index in [9.17, 15) is 0 Å². The lowest BCUT2D eigenvalue weighted by atomic mass is 9.80. The zero-order chi connectivity index (χ0) is 24.2. The zero-order valence-corrected chi connectivity index (χ0v) is 20.9. The lowest BCUT2D eigenvalue weighted by Crippen LogP contribution is -2.04. The molecule has 0 N–H and O–H groups in total. The Morgan fingerprint density at radius 3 is 1.00 bits per heavy atom. The van der Waals surface area contributed by atoms with Gasteiger partial charge in [-0.15, -0.1) is 0 Å². The molecule has 4 rings (SSSR count). The largest absolute Gasteiger partial charge is 0.497 e. The van der Waals surface area contributed by atoms with Crippen molar-refractivity contribution in [2.75, 3.05) is 14.2 Å². The Hall–Kier alpha value is -3.78. The van der Waals surface area contributed by atoms with Gasteiger partial charge in [0.1, 0.15) is 11.5 Å². The molecule has 172 valence electrons. The maximum absolute atomic E-state index is 5.47. The van der Waals surface area contributed by atoms with Gasteiger partial charge in [0.15, 0.2) is 0 Å². The number of aryl methyl sites for hydroxylation is 4. The summed E-state index contributed by atoms with van der Waals surface area (Å²) in [5.41, 5.74) is 12.3. The maximum Gasteiger partial charge on any atom is 0.118 e. The molecule has 0 radical (unpaired) electrons. The summed E-state index contributed by atoms with van der Waals surface area (Å²) in [4.78, 5) is 0. The molecule has 0 amide bonds. The second-order valence-corrected chi connectivity index (χ2v) is 8.74. The monoisotopic (exact) mass is 448 g/mol. The third-order valence-electron chi connectivity index (χ3n) is 6.47. The van der Waals surface area contributed by atoms with Gasteiger partial charge in [-0.2, -0.15) is 0 Å². The van der Waals surface area contributed by atoms with Crippen LogP contribution in [0.2, 0.25) is 0 Å². The van der Waals surface area contributed by atoms with Crippen molar-refractivity contribution in [2.45, 2.75) is 27.7 Å². The number of methoxy groups -OCH3 is 2. The van der Waals surface area contributed by atoms with Gasteiger partial charge in [0.2, 0.25) is 0 Å². The second kappa shape index (κ2) is 10.0. The molecule has 0 saturated carbocycles. The van der Waals surface area contributed by atoms with Gasteiger partial charge in [-0.1, -0.05) is 60.7 Å². The van der Waals surface area contributed by atoms with Crippen LogP contribution in [-0.2, 0) is 0 Å². The van der Waals surface area contributed by atoms with Crippen molar-refractivity contribution in [1.82, 2.24) is 0 Å². The molecular formula is C32H32O2. The highest BCUT2D eigenvalue weighted by Crippen LogP contribution is 2.42. The number of hydrogen-bond donors (Lipinski definition) is 0. The van der Waals surface area contributed by atoms with Crippen LogP contribution in [-0.4, -0.2) is 14.2 Å². The molecule has 0 bridgehead atoms. The van der Waals surface area contributed by atoms with Crippen LogP contribution in [0.3, 0.4) is 0 Å². The molecule has 0 aromatic heterocycles. The summed E-state index contributed by atoms with van der Waals surface area (Å²) < 4.78 is 10.9. The molecule has 2 nitrogen and oxygen atoms in total. The molecule has 0 aliphatic rings. The van der Waals surface area contributed by atoms with Crippen molar-refractivity contribution >= 4 is 11.1 Å². The number of benzene rings is 4. The van der Waals surface area contributed by atoms with Crippen molar-refractivity contribution in [3.05, 3.63) is 129 Å². The smallest absolute Gasteiger partial charge is 0.118 e. The molecule has 0 unspecified atom stereocenters. The number of ether oxygens (including phenoxy) is 2. The van der Waals surface area contributed by atoms with E-state index in [1.807, 2.05) is 24.3 Å². The topological polar surface area (TPSA) is 18.5 Å². The number of hydrogen-bond acceptors (Lipinski definition) is 2. The lowest BCUT2D eigenvalue weighted by Gasteiger charge is -2.23. The van der Waals surface area contributed by atoms with Gasteiger partial charge < -0.3 is 9.47 Å². The summed E-state index contributed by atoms with van der Waals surface area (Å²) in [7, 11) is 3.41. The van der Waals surface area contributed by atoms with Crippen LogP contribution in [0.1, 0.15) is 44.5 Å². The predicted molar refractivity (Wildman–Crippen MR) is 143 cm³/mol. The minimum Gasteiger partial charge on any atom is -0.497 e. The van der Waals surface area contributed by atoms with Crippen LogP contribution in [0.25, 0.3) is 11.1 Å². The Balaban J connectivity index is 2.19. The fourth-order valence-corrected chi connectivity index (χ4v) is 4.76. The van der Waals surface area contributed by atoms with E-state index >= 15 is 0 Å². The summed E-state index contributed by atoms with van der Waals surface area (Å²) in [5, 5.41) is 0. The van der Waals surface area contributed by atoms with Gasteiger partial charge in [-0.05, 0) is 108 Å². The van der Waals surface area contributed by atoms with Crippen molar-refractivity contribution in [3.63, 3.8) is 0 Å². The van der Waals surface area contributed by atoms with Crippen molar-refractivity contribution < 1.29 is 9.47 Å². The first-order chi connectivity index (χ1) is 16.4. The van der Waals surface area contributed by atoms with Gasteiger partial charge in [-0.3, -0.25) is 0 Å². The zero-order valence-electron chi connectivity index (χ0n) is 20.9. The summed E-state index contributed by atoms with van der Waals surface area (Å²) in [6.45, 7) is 8.79. The molecular weight excluding hydrogens is 416 g/mol. The van der Waals surface area contributed by atoms with E-state index in [0.29, 0.717) is 0 Å². The lowest BCUT2D eigenvalue weighted by molar-refractivity contribution is 0.414. The predicted octanol–water partition coefficient (Wildman–Crippen LogP) is 7.94. The first kappa shape index (κ1) is 23.4. The normalized spacial score (nSPS) is 11.7. The van der Waals surface area contributed by atoms with E-state index in [4.69, 9.17) is 9.47 Å². The molecule has 0 fully saturated rings. The second-order valence-electron chi connectivity index (χ2n) is 8.74. The SMILES string of the molecule is COc1ccc(/C(=C(\c2ccc(OC)cc2)c2c(C)cccc2C)c2c(C)cccc2C)cc1. The third-order valence-corrected chi connectivity index (χ3v) is 6.47. The van der Waals surface area contributed by atoms with Crippen molar-refractivity contribution in [2.24, 2.45) is 0 Å². The maximum atomic E-state index is 5.47. The molecule has 4 aromatic carbocycles. The highest BCUT2D eigenvalue weighted by molar-refractivity contribution is 6.06. The number of rotatable bonds is 6. The highest BCUT2D eigenvalue weighted by atomic mass is 16.5. The third kappa shape index (κ3) is 4.49. The Morgan fingerprint density at radius 1 is 0.441 bits per heavy atom. The minimum absolute atomic E-state index is 0.850. The standard InChI is InChI=1S/C32H32O2/c1-21-9-7-10-22(2)29(21)31(25-13-17-27(33-5)18-14-25)32(26-15-19-28(34-6)20-16-26)30-23(3)11-8-12-24(30)4/h7-20H,1-6H3/b32-31-. The van der Waals surface area contributed by atoms with Gasteiger partial charge in [0, 0.05) is 0 Å². The van der Waals surface area contributed by atoms with Crippen LogP contribution >= 0.6 is 0 Å². The molecule has 0 atom stereocenters. The molecule has 0 heterocycles. The van der Waals surface area contributed by atoms with E-state index < -0.39 is 0 Å². The molecule has 0 saturated heterocycles. The fourth-order valence-electron chi connectivity index (χ4n) is 4.76. The minimum atomic E-state index is 0.850. The first-order valence-corrected chi connectivity index (χ1v) is 11.6. The summed E-state index contributed by atoms with van der Waals surface area (Å²) in [6, 6.07) is 29.9. The van der Waals surface area contributed by atoms with Crippen molar-refractivity contribution in [3.8, 4) is 11.5 Å². The Labute approximate surface area is 203 Å². The first-order valence-electron chi connectivity index (χ1n) is 11.6. The van der Waals surface area contributed by atoms with Crippen molar-refractivity contribution in [1.29, 1.82) is 0 Å². The highest BCUT2D eigenvalue weighted by Gasteiger charge is 2.21. The van der Waals surface area contributed by atoms with E-state index in [2.05, 4.69) is 88.4 Å². The Morgan fingerprint density at radius 2 is 0.735 bits per heavy atom. The quantitative estimate of drug-likeness (QED) is 0.279. The van der Waals surface area contributed by atoms with E-state index in [-0.39, 0.29) is 0 Å². The fraction of sp³-hybridized carbons (Fsp3) is 0.188. The van der Waals surface area contributed by atoms with E-state index in [0.717, 1.165) is 22.6 Å². The molecule has 0 aliphatic carbocycles. The van der Waals surface area contributed by atoms with Gasteiger partial charge in [0.05, 0.1) is 14.2 Å². The van der Waals surface area contributed by atoms with Crippen LogP contribution in [0.15, 0.2) is 84.9 Å². The van der Waals surface area contributed by atoms with E-state index in [1.165, 1.54) is 44.5 Å². The van der Waals surface area contributed by atoms with Gasteiger partial charge in [-0.25, -0.2) is 0 Å². The molecule has 2 heteroatoms. The Bertz CT molecular complexity index is 1180. The van der Waals surface area contributed by atoms with Crippen LogP contribution < -0.4 is 9.47 Å². The Kier molecular flexibility index (Phi) is 6.88. The molecule has 4 aromatic rings. The summed E-state index contributed by atoms with van der Waals surface area (Å²) in [6.07, 6.45) is 0. The molecule has 34 heavy (non-hydrogen) atoms. The van der Waals surface area contributed by atoms with Gasteiger partial charge >= 0.3 is 0 Å². The van der Waals surface area contributed by atoms with Crippen LogP contribution in [0.5, 0.6) is 11.5 Å². The molecule has 0 spiro atoms. The van der Waals surface area contributed by atoms with E-state index in [1.54, 1.807) is 14.2 Å². The average molecular weight is 449 g/mol.